The molecule has 0 fully saturated rings. The molecule has 0 amide bonds. The van der Waals surface area contributed by atoms with Crippen molar-refractivity contribution < 1.29 is 0 Å². The fourth-order valence-corrected chi connectivity index (χ4v) is 2.04. The topological polar surface area (TPSA) is 18.8 Å². The van der Waals surface area contributed by atoms with Crippen LogP contribution in [0.2, 0.25) is 0 Å². The van der Waals surface area contributed by atoms with Gasteiger partial charge in [0.2, 0.25) is 0 Å². The average Bonchev–Trinajstić information content (AvgIpc) is 2.47. The van der Waals surface area contributed by atoms with Crippen molar-refractivity contribution in [3.05, 3.63) is 0 Å². The highest BCUT2D eigenvalue weighted by Gasteiger charge is 2.36. The van der Waals surface area contributed by atoms with E-state index in [0.717, 1.165) is 19.5 Å². The van der Waals surface area contributed by atoms with Crippen molar-refractivity contribution >= 4 is 6.34 Å². The molecule has 0 aromatic heterocycles. The predicted octanol–water partition coefficient (Wildman–Crippen LogP) is 2.35. The molecule has 0 bridgehead atoms. The Kier molecular flexibility index (Phi) is 3.40. The Morgan fingerprint density at radius 1 is 1.29 bits per heavy atom. The number of hydrazone groups is 1. The van der Waals surface area contributed by atoms with E-state index in [2.05, 4.69) is 49.6 Å². The highest BCUT2D eigenvalue weighted by Crippen LogP contribution is 2.29. The lowest BCUT2D eigenvalue weighted by atomic mass is 9.91. The van der Waals surface area contributed by atoms with Gasteiger partial charge >= 0.3 is 0 Å². The summed E-state index contributed by atoms with van der Waals surface area (Å²) in [6.07, 6.45) is 3.56. The minimum Gasteiger partial charge on any atom is -0.339 e. The lowest BCUT2D eigenvalue weighted by molar-refractivity contribution is 0.0390. The summed E-state index contributed by atoms with van der Waals surface area (Å²) in [6.45, 7) is 13.3. The predicted molar refractivity (Wildman–Crippen MR) is 61.1 cm³/mol. The minimum absolute atomic E-state index is 0.252. The number of rotatable bonds is 3. The molecule has 0 spiro atoms. The molecule has 0 aromatic carbocycles. The Balaban J connectivity index is 2.74. The van der Waals surface area contributed by atoms with Gasteiger partial charge in [0.25, 0.3) is 0 Å². The van der Waals surface area contributed by atoms with E-state index in [0.29, 0.717) is 6.17 Å². The third kappa shape index (κ3) is 2.20. The van der Waals surface area contributed by atoms with E-state index in [1.54, 1.807) is 0 Å². The smallest absolute Gasteiger partial charge is 0.124 e. The zero-order valence-electron chi connectivity index (χ0n) is 10.1. The molecule has 1 aliphatic heterocycles. The summed E-state index contributed by atoms with van der Waals surface area (Å²) < 4.78 is 0. The molecule has 1 unspecified atom stereocenters. The van der Waals surface area contributed by atoms with E-state index < -0.39 is 0 Å². The number of hydrogen-bond acceptors (Lipinski definition) is 3. The molecule has 0 N–H and O–H groups in total. The molecule has 0 aliphatic carbocycles. The van der Waals surface area contributed by atoms with Crippen molar-refractivity contribution in [3.8, 4) is 0 Å². The summed E-state index contributed by atoms with van der Waals surface area (Å²) in [5, 5.41) is 6.67. The summed E-state index contributed by atoms with van der Waals surface area (Å²) in [5.41, 5.74) is 0.252. The van der Waals surface area contributed by atoms with Gasteiger partial charge < -0.3 is 4.90 Å². The average molecular weight is 197 g/mol. The molecule has 82 valence electrons. The van der Waals surface area contributed by atoms with Crippen molar-refractivity contribution in [2.24, 2.45) is 10.5 Å². The van der Waals surface area contributed by atoms with E-state index in [1.165, 1.54) is 0 Å². The highest BCUT2D eigenvalue weighted by atomic mass is 15.6. The molecule has 1 aliphatic rings. The van der Waals surface area contributed by atoms with Crippen LogP contribution in [0.1, 0.15) is 41.0 Å². The summed E-state index contributed by atoms with van der Waals surface area (Å²) in [6, 6.07) is 0. The third-order valence-electron chi connectivity index (χ3n) is 2.54. The van der Waals surface area contributed by atoms with E-state index in [1.807, 2.05) is 6.34 Å². The molecule has 3 heteroatoms. The van der Waals surface area contributed by atoms with Gasteiger partial charge in [-0.25, -0.2) is 0 Å². The van der Waals surface area contributed by atoms with Crippen LogP contribution in [0.25, 0.3) is 0 Å². The Morgan fingerprint density at radius 3 is 2.36 bits per heavy atom. The van der Waals surface area contributed by atoms with Gasteiger partial charge in [0.1, 0.15) is 12.5 Å². The van der Waals surface area contributed by atoms with Gasteiger partial charge in [0.15, 0.2) is 0 Å². The van der Waals surface area contributed by atoms with Gasteiger partial charge in [0.05, 0.1) is 0 Å². The SMILES string of the molecule is CCCN1N=CN(CC)C1C(C)(C)C. The van der Waals surface area contributed by atoms with Crippen LogP contribution in [0.5, 0.6) is 0 Å². The summed E-state index contributed by atoms with van der Waals surface area (Å²) in [5.74, 6) is 0. The lowest BCUT2D eigenvalue weighted by Gasteiger charge is -2.39. The van der Waals surface area contributed by atoms with Crippen molar-refractivity contribution in [2.45, 2.75) is 47.2 Å². The largest absolute Gasteiger partial charge is 0.339 e. The molecule has 0 saturated heterocycles. The lowest BCUT2D eigenvalue weighted by Crippen LogP contribution is -2.48. The minimum atomic E-state index is 0.252. The van der Waals surface area contributed by atoms with E-state index in [4.69, 9.17) is 0 Å². The molecule has 0 radical (unpaired) electrons. The zero-order chi connectivity index (χ0) is 10.8. The van der Waals surface area contributed by atoms with Crippen LogP contribution in [0.4, 0.5) is 0 Å². The van der Waals surface area contributed by atoms with Crippen molar-refractivity contribution in [2.75, 3.05) is 13.1 Å². The molecular formula is C11H23N3. The second-order valence-corrected chi connectivity index (χ2v) is 4.96. The van der Waals surface area contributed by atoms with Crippen LogP contribution in [-0.4, -0.2) is 35.5 Å². The van der Waals surface area contributed by atoms with Crippen molar-refractivity contribution in [1.82, 2.24) is 9.91 Å². The second kappa shape index (κ2) is 4.20. The van der Waals surface area contributed by atoms with Crippen LogP contribution < -0.4 is 0 Å². The molecular weight excluding hydrogens is 174 g/mol. The molecule has 1 heterocycles. The molecule has 0 saturated carbocycles. The third-order valence-corrected chi connectivity index (χ3v) is 2.54. The van der Waals surface area contributed by atoms with Gasteiger partial charge in [-0.2, -0.15) is 5.10 Å². The molecule has 1 rings (SSSR count). The maximum Gasteiger partial charge on any atom is 0.124 e. The van der Waals surface area contributed by atoms with Gasteiger partial charge in [-0.3, -0.25) is 5.01 Å². The van der Waals surface area contributed by atoms with E-state index >= 15 is 0 Å². The Hall–Kier alpha value is -0.730. The fraction of sp³-hybridized carbons (Fsp3) is 0.909. The van der Waals surface area contributed by atoms with Gasteiger partial charge in [0, 0.05) is 18.5 Å². The first-order chi connectivity index (χ1) is 6.50. The first-order valence-corrected chi connectivity index (χ1v) is 5.57. The Bertz CT molecular complexity index is 205. The van der Waals surface area contributed by atoms with Crippen LogP contribution in [0.3, 0.4) is 0 Å². The van der Waals surface area contributed by atoms with E-state index in [9.17, 15) is 0 Å². The van der Waals surface area contributed by atoms with Crippen LogP contribution in [-0.2, 0) is 0 Å². The molecule has 14 heavy (non-hydrogen) atoms. The van der Waals surface area contributed by atoms with Gasteiger partial charge in [-0.1, -0.05) is 27.7 Å². The van der Waals surface area contributed by atoms with E-state index in [-0.39, 0.29) is 5.41 Å². The fourth-order valence-electron chi connectivity index (χ4n) is 2.04. The monoisotopic (exact) mass is 197 g/mol. The Morgan fingerprint density at radius 2 is 1.93 bits per heavy atom. The van der Waals surface area contributed by atoms with Gasteiger partial charge in [-0.05, 0) is 13.3 Å². The molecule has 1 atom stereocenters. The number of hydrogen-bond donors (Lipinski definition) is 0. The highest BCUT2D eigenvalue weighted by molar-refractivity contribution is 5.57. The maximum atomic E-state index is 4.46. The summed E-state index contributed by atoms with van der Waals surface area (Å²) >= 11 is 0. The first-order valence-electron chi connectivity index (χ1n) is 5.57. The van der Waals surface area contributed by atoms with Crippen molar-refractivity contribution in [3.63, 3.8) is 0 Å². The van der Waals surface area contributed by atoms with Crippen LogP contribution in [0, 0.1) is 5.41 Å². The number of nitrogens with zero attached hydrogens (tertiary/aromatic N) is 3. The molecule has 3 nitrogen and oxygen atoms in total. The summed E-state index contributed by atoms with van der Waals surface area (Å²) in [4.78, 5) is 2.32. The van der Waals surface area contributed by atoms with Crippen LogP contribution in [0.15, 0.2) is 5.10 Å². The van der Waals surface area contributed by atoms with Gasteiger partial charge in [-0.15, -0.1) is 0 Å². The Labute approximate surface area is 87.8 Å². The molecule has 0 aromatic rings. The summed E-state index contributed by atoms with van der Waals surface area (Å²) in [7, 11) is 0. The van der Waals surface area contributed by atoms with Crippen LogP contribution >= 0.6 is 0 Å². The maximum absolute atomic E-state index is 4.46. The quantitative estimate of drug-likeness (QED) is 0.691. The first kappa shape index (κ1) is 11.3. The second-order valence-electron chi connectivity index (χ2n) is 4.96. The standard InChI is InChI=1S/C11H23N3/c1-6-8-14-10(11(3,4)5)13(7-2)9-12-14/h9-10H,6-8H2,1-5H3. The zero-order valence-corrected chi connectivity index (χ0v) is 10.1. The normalized spacial score (nSPS) is 22.2. The van der Waals surface area contributed by atoms with Crippen molar-refractivity contribution in [1.29, 1.82) is 0 Å².